The van der Waals surface area contributed by atoms with Gasteiger partial charge < -0.3 is 9.52 Å². The highest BCUT2D eigenvalue weighted by atomic mass is 16.3. The molecule has 0 aliphatic rings. The Kier molecular flexibility index (Phi) is 8.43. The summed E-state index contributed by atoms with van der Waals surface area (Å²) >= 11 is 0. The summed E-state index contributed by atoms with van der Waals surface area (Å²) in [5, 5.41) is 13.0. The van der Waals surface area contributed by atoms with E-state index in [1.165, 1.54) is 0 Å². The van der Waals surface area contributed by atoms with Crippen LogP contribution in [0, 0.1) is 0 Å². The first-order valence-electron chi connectivity index (χ1n) is 18.4. The van der Waals surface area contributed by atoms with Gasteiger partial charge >= 0.3 is 0 Å². The van der Waals surface area contributed by atoms with E-state index < -0.39 is 0 Å². The summed E-state index contributed by atoms with van der Waals surface area (Å²) in [5.74, 6) is 1.46. The number of phenols is 1. The lowest BCUT2D eigenvalue weighted by atomic mass is 9.82. The predicted molar refractivity (Wildman–Crippen MR) is 224 cm³/mol. The van der Waals surface area contributed by atoms with Crippen molar-refractivity contribution in [3.63, 3.8) is 0 Å². The van der Waals surface area contributed by atoms with Gasteiger partial charge in [-0.1, -0.05) is 130 Å². The number of fused-ring (bicyclic) bond motifs is 3. The van der Waals surface area contributed by atoms with Crippen LogP contribution in [0.25, 0.3) is 67.0 Å². The van der Waals surface area contributed by atoms with Crippen LogP contribution in [0.5, 0.6) is 5.75 Å². The summed E-state index contributed by atoms with van der Waals surface area (Å²) in [7, 11) is 0. The number of aromatic hydroxyl groups is 1. The van der Waals surface area contributed by atoms with E-state index in [1.54, 1.807) is 0 Å². The van der Waals surface area contributed by atoms with E-state index in [-0.39, 0.29) is 11.2 Å². The van der Waals surface area contributed by atoms with E-state index in [0.29, 0.717) is 33.8 Å². The van der Waals surface area contributed by atoms with E-state index in [1.807, 2.05) is 91.1 Å². The molecule has 0 aliphatic carbocycles. The Bertz CT molecular complexity index is 2810. The number of benzene rings is 6. The SMILES string of the molecule is CC(C)(C)c1cc(-c2ccccc2)cc(-c2nc(-c3cccc(N(c4ccccn4)c4ccccc4-c4ccccc4)c3)nc3c2oc2ccccc23)c1O. The molecule has 0 unspecified atom stereocenters. The fourth-order valence-corrected chi connectivity index (χ4v) is 7.28. The maximum atomic E-state index is 12.1. The zero-order valence-corrected chi connectivity index (χ0v) is 30.8. The van der Waals surface area contributed by atoms with Gasteiger partial charge in [0.2, 0.25) is 0 Å². The largest absolute Gasteiger partial charge is 0.507 e. The lowest BCUT2D eigenvalue weighted by Crippen LogP contribution is -2.13. The number of furan rings is 1. The van der Waals surface area contributed by atoms with Crippen LogP contribution < -0.4 is 4.90 Å². The Balaban J connectivity index is 1.28. The highest BCUT2D eigenvalue weighted by Crippen LogP contribution is 2.46. The van der Waals surface area contributed by atoms with Crippen molar-refractivity contribution in [1.82, 2.24) is 15.0 Å². The number of pyridine rings is 1. The molecule has 6 aromatic carbocycles. The fraction of sp³-hybridized carbons (Fsp3) is 0.0816. The highest BCUT2D eigenvalue weighted by Gasteiger charge is 2.27. The first-order valence-corrected chi connectivity index (χ1v) is 18.4. The topological polar surface area (TPSA) is 75.3 Å². The second-order valence-corrected chi connectivity index (χ2v) is 14.7. The van der Waals surface area contributed by atoms with Crippen molar-refractivity contribution >= 4 is 39.3 Å². The van der Waals surface area contributed by atoms with E-state index >= 15 is 0 Å². The van der Waals surface area contributed by atoms with Crippen LogP contribution in [0.1, 0.15) is 26.3 Å². The van der Waals surface area contributed by atoms with Crippen molar-refractivity contribution in [1.29, 1.82) is 0 Å². The number of rotatable bonds is 7. The third kappa shape index (κ3) is 6.28. The van der Waals surface area contributed by atoms with Crippen LogP contribution in [0.4, 0.5) is 17.2 Å². The van der Waals surface area contributed by atoms with Gasteiger partial charge in [-0.3, -0.25) is 4.90 Å². The van der Waals surface area contributed by atoms with Crippen LogP contribution in [0.3, 0.4) is 0 Å². The summed E-state index contributed by atoms with van der Waals surface area (Å²) in [6, 6.07) is 55.1. The summed E-state index contributed by atoms with van der Waals surface area (Å²) in [6.07, 6.45) is 1.81. The average Bonchev–Trinajstić information content (AvgIpc) is 3.60. The van der Waals surface area contributed by atoms with Gasteiger partial charge in [0.05, 0.1) is 5.69 Å². The molecule has 55 heavy (non-hydrogen) atoms. The van der Waals surface area contributed by atoms with Crippen molar-refractivity contribution in [2.24, 2.45) is 0 Å². The van der Waals surface area contributed by atoms with Gasteiger partial charge in [-0.25, -0.2) is 15.0 Å². The van der Waals surface area contributed by atoms with Gasteiger partial charge in [-0.2, -0.15) is 0 Å². The minimum atomic E-state index is -0.355. The van der Waals surface area contributed by atoms with Crippen molar-refractivity contribution in [2.75, 3.05) is 4.90 Å². The van der Waals surface area contributed by atoms with Crippen LogP contribution in [0.2, 0.25) is 0 Å². The molecule has 0 radical (unpaired) electrons. The number of anilines is 3. The van der Waals surface area contributed by atoms with Crippen LogP contribution >= 0.6 is 0 Å². The maximum absolute atomic E-state index is 12.1. The summed E-state index contributed by atoms with van der Waals surface area (Å²) < 4.78 is 6.54. The second kappa shape index (κ2) is 13.7. The Labute approximate surface area is 320 Å². The fourth-order valence-electron chi connectivity index (χ4n) is 7.28. The molecule has 266 valence electrons. The molecule has 9 aromatic rings. The minimum absolute atomic E-state index is 0.172. The standard InChI is InChI=1S/C49H38N4O2/c1-49(2,3)40-31-35(32-17-6-4-7-18-32)30-39(46(40)54)45-47-44(38-24-11-13-26-42(38)55-47)51-48(52-45)34-21-16-22-36(29-34)53(43-27-14-15-28-50-43)41-25-12-10-23-37(41)33-19-8-5-9-20-33/h4-31,54H,1-3H3. The van der Waals surface area contributed by atoms with Gasteiger partial charge in [0.1, 0.15) is 28.4 Å². The van der Waals surface area contributed by atoms with Crippen LogP contribution in [0.15, 0.2) is 174 Å². The number of aromatic nitrogens is 3. The quantitative estimate of drug-likeness (QED) is 0.177. The molecule has 3 heterocycles. The Morgan fingerprint density at radius 3 is 2.04 bits per heavy atom. The van der Waals surface area contributed by atoms with Gasteiger partial charge in [-0.05, 0) is 76.7 Å². The Hall–Kier alpha value is -7.05. The van der Waals surface area contributed by atoms with Gasteiger partial charge in [-0.15, -0.1) is 0 Å². The van der Waals surface area contributed by atoms with Crippen LogP contribution in [-0.4, -0.2) is 20.1 Å². The van der Waals surface area contributed by atoms with Crippen molar-refractivity contribution < 1.29 is 9.52 Å². The second-order valence-electron chi connectivity index (χ2n) is 14.7. The number of hydrogen-bond acceptors (Lipinski definition) is 6. The minimum Gasteiger partial charge on any atom is -0.507 e. The van der Waals surface area contributed by atoms with E-state index in [9.17, 15) is 5.11 Å². The van der Waals surface area contributed by atoms with Gasteiger partial charge in [0.25, 0.3) is 0 Å². The van der Waals surface area contributed by atoms with Crippen molar-refractivity contribution in [2.45, 2.75) is 26.2 Å². The van der Waals surface area contributed by atoms with Crippen molar-refractivity contribution in [3.8, 4) is 50.6 Å². The monoisotopic (exact) mass is 714 g/mol. The maximum Gasteiger partial charge on any atom is 0.180 e. The molecule has 1 N–H and O–H groups in total. The summed E-state index contributed by atoms with van der Waals surface area (Å²) in [5.41, 5.74) is 10.4. The smallest absolute Gasteiger partial charge is 0.180 e. The molecule has 0 spiro atoms. The summed E-state index contributed by atoms with van der Waals surface area (Å²) in [6.45, 7) is 6.33. The molecule has 9 rings (SSSR count). The number of hydrogen-bond donors (Lipinski definition) is 1. The normalized spacial score (nSPS) is 11.6. The van der Waals surface area contributed by atoms with E-state index in [0.717, 1.165) is 56.0 Å². The molecule has 0 saturated heterocycles. The lowest BCUT2D eigenvalue weighted by Gasteiger charge is -2.27. The average molecular weight is 715 g/mol. The lowest BCUT2D eigenvalue weighted by molar-refractivity contribution is 0.448. The number of phenolic OH excluding ortho intramolecular Hbond substituents is 1. The molecule has 0 saturated carbocycles. The third-order valence-electron chi connectivity index (χ3n) is 9.97. The van der Waals surface area contributed by atoms with Crippen molar-refractivity contribution in [3.05, 3.63) is 176 Å². The van der Waals surface area contributed by atoms with Gasteiger partial charge in [0, 0.05) is 39.5 Å². The Morgan fingerprint density at radius 2 is 1.27 bits per heavy atom. The van der Waals surface area contributed by atoms with E-state index in [4.69, 9.17) is 19.4 Å². The Morgan fingerprint density at radius 1 is 0.582 bits per heavy atom. The molecule has 6 nitrogen and oxygen atoms in total. The predicted octanol–water partition coefficient (Wildman–Crippen LogP) is 12.9. The molecule has 6 heteroatoms. The molecule has 0 atom stereocenters. The van der Waals surface area contributed by atoms with Crippen LogP contribution in [-0.2, 0) is 5.41 Å². The molecule has 0 aliphatic heterocycles. The molecule has 0 fully saturated rings. The van der Waals surface area contributed by atoms with Gasteiger partial charge in [0.15, 0.2) is 11.4 Å². The van der Waals surface area contributed by atoms with E-state index in [2.05, 4.69) is 105 Å². The highest BCUT2D eigenvalue weighted by molar-refractivity contribution is 6.08. The molecular formula is C49H38N4O2. The number of para-hydroxylation sites is 2. The molecular weight excluding hydrogens is 677 g/mol. The first-order chi connectivity index (χ1) is 26.8. The third-order valence-corrected chi connectivity index (χ3v) is 9.97. The molecule has 3 aromatic heterocycles. The zero-order chi connectivity index (χ0) is 37.5. The zero-order valence-electron chi connectivity index (χ0n) is 30.8. The first kappa shape index (κ1) is 33.8. The number of nitrogens with zero attached hydrogens (tertiary/aromatic N) is 4. The molecule has 0 amide bonds. The molecule has 0 bridgehead atoms. The summed E-state index contributed by atoms with van der Waals surface area (Å²) in [4.78, 5) is 17.4.